The fourth-order valence-corrected chi connectivity index (χ4v) is 1.54. The van der Waals surface area contributed by atoms with Gasteiger partial charge in [0.2, 0.25) is 0 Å². The third-order valence-corrected chi connectivity index (χ3v) is 2.30. The lowest BCUT2D eigenvalue weighted by molar-refractivity contribution is 0.0597. The maximum atomic E-state index is 13.7. The van der Waals surface area contributed by atoms with Crippen LogP contribution in [0.4, 0.5) is 4.39 Å². The summed E-state index contributed by atoms with van der Waals surface area (Å²) in [6.45, 7) is 0.440. The highest BCUT2D eigenvalue weighted by atomic mass is 35.5. The van der Waals surface area contributed by atoms with Gasteiger partial charge < -0.3 is 19.7 Å². The molecule has 2 aromatic rings. The molecular formula is C11H12ClFN2O4. The first-order valence-electron chi connectivity index (χ1n) is 5.18. The molecule has 2 rings (SSSR count). The summed E-state index contributed by atoms with van der Waals surface area (Å²) in [5.41, 5.74) is 5.27. The molecule has 1 heterocycles. The summed E-state index contributed by atoms with van der Waals surface area (Å²) in [5.74, 6) is -1.52. The van der Waals surface area contributed by atoms with Crippen LogP contribution in [0, 0.1) is 5.82 Å². The van der Waals surface area contributed by atoms with Crippen molar-refractivity contribution in [3.63, 3.8) is 0 Å². The molecule has 0 saturated carbocycles. The molecule has 0 spiro atoms. The SMILES string of the molecule is COC(=O)c1c(F)ccc2onc(OCCN)c12.Cl. The Morgan fingerprint density at radius 2 is 2.26 bits per heavy atom. The fraction of sp³-hybridized carbons (Fsp3) is 0.273. The number of carbonyl (C=O) groups excluding carboxylic acids is 1. The Hall–Kier alpha value is -1.86. The van der Waals surface area contributed by atoms with Crippen LogP contribution in [-0.2, 0) is 4.74 Å². The van der Waals surface area contributed by atoms with Crippen molar-refractivity contribution in [2.45, 2.75) is 0 Å². The van der Waals surface area contributed by atoms with Gasteiger partial charge in [-0.25, -0.2) is 9.18 Å². The predicted molar refractivity (Wildman–Crippen MR) is 67.1 cm³/mol. The fourth-order valence-electron chi connectivity index (χ4n) is 1.54. The summed E-state index contributed by atoms with van der Waals surface area (Å²) in [6.07, 6.45) is 0. The number of esters is 1. The van der Waals surface area contributed by atoms with Crippen LogP contribution in [0.1, 0.15) is 10.4 Å². The van der Waals surface area contributed by atoms with Gasteiger partial charge in [-0.3, -0.25) is 0 Å². The van der Waals surface area contributed by atoms with Gasteiger partial charge in [-0.1, -0.05) is 0 Å². The molecule has 6 nitrogen and oxygen atoms in total. The minimum absolute atomic E-state index is 0. The first-order valence-corrected chi connectivity index (χ1v) is 5.18. The minimum atomic E-state index is -0.820. The molecule has 0 aliphatic carbocycles. The number of hydrogen-bond acceptors (Lipinski definition) is 6. The van der Waals surface area contributed by atoms with E-state index in [0.29, 0.717) is 0 Å². The van der Waals surface area contributed by atoms with Crippen molar-refractivity contribution >= 4 is 29.3 Å². The summed E-state index contributed by atoms with van der Waals surface area (Å²) >= 11 is 0. The van der Waals surface area contributed by atoms with E-state index in [2.05, 4.69) is 9.89 Å². The first kappa shape index (κ1) is 15.2. The van der Waals surface area contributed by atoms with E-state index in [4.69, 9.17) is 15.0 Å². The summed E-state index contributed by atoms with van der Waals surface area (Å²) in [6, 6.07) is 2.46. The van der Waals surface area contributed by atoms with Crippen molar-refractivity contribution in [3.05, 3.63) is 23.5 Å². The highest BCUT2D eigenvalue weighted by molar-refractivity contribution is 6.05. The minimum Gasteiger partial charge on any atom is -0.474 e. The molecule has 8 heteroatoms. The van der Waals surface area contributed by atoms with E-state index in [0.717, 1.165) is 13.2 Å². The Bertz CT molecular complexity index is 587. The van der Waals surface area contributed by atoms with Gasteiger partial charge in [0.05, 0.1) is 7.11 Å². The molecule has 0 aliphatic rings. The van der Waals surface area contributed by atoms with Crippen LogP contribution in [0.3, 0.4) is 0 Å². The molecule has 0 aliphatic heterocycles. The topological polar surface area (TPSA) is 87.6 Å². The summed E-state index contributed by atoms with van der Waals surface area (Å²) in [5, 5.41) is 3.77. The Morgan fingerprint density at radius 1 is 1.53 bits per heavy atom. The molecule has 0 saturated heterocycles. The van der Waals surface area contributed by atoms with Crippen LogP contribution >= 0.6 is 12.4 Å². The molecule has 0 bridgehead atoms. The third-order valence-electron chi connectivity index (χ3n) is 2.30. The molecule has 0 radical (unpaired) electrons. The molecule has 0 fully saturated rings. The zero-order chi connectivity index (χ0) is 13.1. The average molecular weight is 291 g/mol. The van der Waals surface area contributed by atoms with Crippen LogP contribution in [0.5, 0.6) is 5.88 Å². The number of rotatable bonds is 4. The maximum absolute atomic E-state index is 13.7. The zero-order valence-corrected chi connectivity index (χ0v) is 10.8. The molecule has 19 heavy (non-hydrogen) atoms. The molecular weight excluding hydrogens is 279 g/mol. The van der Waals surface area contributed by atoms with Gasteiger partial charge in [-0.2, -0.15) is 0 Å². The molecule has 2 N–H and O–H groups in total. The van der Waals surface area contributed by atoms with Crippen molar-refractivity contribution in [2.75, 3.05) is 20.3 Å². The number of carbonyl (C=O) groups is 1. The van der Waals surface area contributed by atoms with Crippen molar-refractivity contribution in [1.29, 1.82) is 0 Å². The second-order valence-electron chi connectivity index (χ2n) is 3.41. The van der Waals surface area contributed by atoms with Gasteiger partial charge in [0.15, 0.2) is 5.58 Å². The van der Waals surface area contributed by atoms with E-state index in [1.54, 1.807) is 0 Å². The highest BCUT2D eigenvalue weighted by Crippen LogP contribution is 2.30. The van der Waals surface area contributed by atoms with Gasteiger partial charge in [0, 0.05) is 6.54 Å². The van der Waals surface area contributed by atoms with Crippen molar-refractivity contribution in [2.24, 2.45) is 5.73 Å². The second-order valence-corrected chi connectivity index (χ2v) is 3.41. The third kappa shape index (κ3) is 2.77. The average Bonchev–Trinajstić information content (AvgIpc) is 2.78. The molecule has 1 aromatic carbocycles. The number of ether oxygens (including phenoxy) is 2. The predicted octanol–water partition coefficient (Wildman–Crippen LogP) is 1.51. The van der Waals surface area contributed by atoms with Gasteiger partial charge in [0.1, 0.15) is 23.4 Å². The number of nitrogens with zero attached hydrogens (tertiary/aromatic N) is 1. The number of hydrogen-bond donors (Lipinski definition) is 1. The molecule has 0 unspecified atom stereocenters. The lowest BCUT2D eigenvalue weighted by Gasteiger charge is -2.04. The Kier molecular flexibility index (Phi) is 5.08. The zero-order valence-electron chi connectivity index (χ0n) is 10.0. The van der Waals surface area contributed by atoms with E-state index in [1.807, 2.05) is 0 Å². The van der Waals surface area contributed by atoms with E-state index in [1.165, 1.54) is 6.07 Å². The highest BCUT2D eigenvalue weighted by Gasteiger charge is 2.23. The number of fused-ring (bicyclic) bond motifs is 1. The van der Waals surface area contributed by atoms with Crippen LogP contribution in [0.15, 0.2) is 16.7 Å². The van der Waals surface area contributed by atoms with Gasteiger partial charge in [-0.05, 0) is 17.3 Å². The van der Waals surface area contributed by atoms with Crippen molar-refractivity contribution in [1.82, 2.24) is 5.16 Å². The van der Waals surface area contributed by atoms with E-state index in [9.17, 15) is 9.18 Å². The van der Waals surface area contributed by atoms with E-state index < -0.39 is 11.8 Å². The quantitative estimate of drug-likeness (QED) is 0.859. The molecule has 104 valence electrons. The Morgan fingerprint density at radius 3 is 2.89 bits per heavy atom. The smallest absolute Gasteiger partial charge is 0.341 e. The standard InChI is InChI=1S/C11H11FN2O4.ClH/c1-16-11(15)8-6(12)2-3-7-9(8)10(14-18-7)17-5-4-13;/h2-3H,4-5,13H2,1H3;1H. The van der Waals surface area contributed by atoms with Crippen molar-refractivity contribution < 1.29 is 23.2 Å². The lowest BCUT2D eigenvalue weighted by Crippen LogP contribution is -2.11. The Labute approximate surface area is 114 Å². The van der Waals surface area contributed by atoms with Gasteiger partial charge in [0.25, 0.3) is 5.88 Å². The van der Waals surface area contributed by atoms with E-state index >= 15 is 0 Å². The number of benzene rings is 1. The summed E-state index contributed by atoms with van der Waals surface area (Å²) in [7, 11) is 1.16. The van der Waals surface area contributed by atoms with Crippen molar-refractivity contribution in [3.8, 4) is 5.88 Å². The second kappa shape index (κ2) is 6.35. The van der Waals surface area contributed by atoms with Crippen LogP contribution in [0.2, 0.25) is 0 Å². The van der Waals surface area contributed by atoms with Crippen LogP contribution in [0.25, 0.3) is 11.0 Å². The van der Waals surface area contributed by atoms with E-state index in [-0.39, 0.29) is 48.0 Å². The van der Waals surface area contributed by atoms with Gasteiger partial charge in [-0.15, -0.1) is 12.4 Å². The van der Waals surface area contributed by atoms with Gasteiger partial charge >= 0.3 is 5.97 Å². The molecule has 0 atom stereocenters. The number of halogens is 2. The number of methoxy groups -OCH3 is 1. The Balaban J connectivity index is 0.00000180. The first-order chi connectivity index (χ1) is 8.69. The molecule has 1 aromatic heterocycles. The van der Waals surface area contributed by atoms with Crippen LogP contribution < -0.4 is 10.5 Å². The molecule has 0 amide bonds. The number of aromatic nitrogens is 1. The lowest BCUT2D eigenvalue weighted by atomic mass is 10.1. The maximum Gasteiger partial charge on any atom is 0.341 e. The number of nitrogens with two attached hydrogens (primary N) is 1. The monoisotopic (exact) mass is 290 g/mol. The largest absolute Gasteiger partial charge is 0.474 e. The van der Waals surface area contributed by atoms with Crippen LogP contribution in [-0.4, -0.2) is 31.4 Å². The normalized spacial score (nSPS) is 10.1. The summed E-state index contributed by atoms with van der Waals surface area (Å²) in [4.78, 5) is 11.6. The summed E-state index contributed by atoms with van der Waals surface area (Å²) < 4.78 is 28.4.